The van der Waals surface area contributed by atoms with Crippen LogP contribution < -0.4 is 5.32 Å². The van der Waals surface area contributed by atoms with Crippen molar-refractivity contribution in [1.82, 2.24) is 5.32 Å². The molecule has 1 N–H and O–H groups in total. The molecule has 6 heteroatoms. The van der Waals surface area contributed by atoms with Gasteiger partial charge in [0.15, 0.2) is 0 Å². The number of carbonyl (C=O) groups excluding carboxylic acids is 3. The first-order valence-electron chi connectivity index (χ1n) is 9.08. The van der Waals surface area contributed by atoms with Crippen LogP contribution in [0.5, 0.6) is 0 Å². The van der Waals surface area contributed by atoms with E-state index < -0.39 is 18.0 Å². The van der Waals surface area contributed by atoms with Crippen LogP contribution >= 0.6 is 0 Å². The first-order chi connectivity index (χ1) is 13.4. The Labute approximate surface area is 164 Å². The molecule has 1 amide bonds. The Hall–Kier alpha value is -3.15. The smallest absolute Gasteiger partial charge is 0.337 e. The van der Waals surface area contributed by atoms with Gasteiger partial charge in [0.1, 0.15) is 12.6 Å². The lowest BCUT2D eigenvalue weighted by molar-refractivity contribution is -0.150. The Morgan fingerprint density at radius 3 is 2.29 bits per heavy atom. The maximum absolute atomic E-state index is 12.5. The summed E-state index contributed by atoms with van der Waals surface area (Å²) in [6.07, 6.45) is 0.193. The van der Waals surface area contributed by atoms with Gasteiger partial charge < -0.3 is 14.8 Å². The largest absolute Gasteiger partial charge is 0.465 e. The molecule has 2 aromatic carbocycles. The van der Waals surface area contributed by atoms with Gasteiger partial charge in [0, 0.05) is 0 Å². The van der Waals surface area contributed by atoms with Crippen molar-refractivity contribution in [3.63, 3.8) is 0 Å². The number of benzene rings is 2. The van der Waals surface area contributed by atoms with Crippen molar-refractivity contribution in [2.24, 2.45) is 5.92 Å². The lowest BCUT2D eigenvalue weighted by atomic mass is 10.0. The first-order valence-corrected chi connectivity index (χ1v) is 9.08. The molecule has 0 unspecified atom stereocenters. The number of carbonyl (C=O) groups is 3. The van der Waals surface area contributed by atoms with Crippen LogP contribution in [0.3, 0.4) is 0 Å². The zero-order chi connectivity index (χ0) is 20.5. The number of rotatable bonds is 8. The van der Waals surface area contributed by atoms with E-state index in [1.807, 2.05) is 44.2 Å². The van der Waals surface area contributed by atoms with E-state index in [4.69, 9.17) is 4.74 Å². The monoisotopic (exact) mass is 383 g/mol. The zero-order valence-corrected chi connectivity index (χ0v) is 16.3. The molecule has 0 aromatic heterocycles. The van der Waals surface area contributed by atoms with E-state index in [-0.39, 0.29) is 24.9 Å². The molecule has 0 saturated carbocycles. The van der Waals surface area contributed by atoms with Gasteiger partial charge in [0.25, 0.3) is 0 Å². The molecule has 0 spiro atoms. The molecule has 0 aliphatic rings. The van der Waals surface area contributed by atoms with E-state index in [1.54, 1.807) is 24.3 Å². The minimum absolute atomic E-state index is 0.00143. The molecule has 0 bridgehead atoms. The third kappa shape index (κ3) is 6.23. The average Bonchev–Trinajstić information content (AvgIpc) is 2.70. The molecule has 0 aliphatic carbocycles. The lowest BCUT2D eigenvalue weighted by Crippen LogP contribution is -2.45. The topological polar surface area (TPSA) is 81.7 Å². The van der Waals surface area contributed by atoms with Crippen molar-refractivity contribution in [2.45, 2.75) is 32.9 Å². The number of esters is 2. The van der Waals surface area contributed by atoms with Crippen molar-refractivity contribution in [3.05, 3.63) is 71.3 Å². The van der Waals surface area contributed by atoms with Gasteiger partial charge in [-0.1, -0.05) is 56.3 Å². The van der Waals surface area contributed by atoms with E-state index >= 15 is 0 Å². The Balaban J connectivity index is 1.95. The second kappa shape index (κ2) is 10.3. The lowest BCUT2D eigenvalue weighted by Gasteiger charge is -2.21. The van der Waals surface area contributed by atoms with Gasteiger partial charge in [0.05, 0.1) is 19.1 Å². The summed E-state index contributed by atoms with van der Waals surface area (Å²) in [7, 11) is 1.31. The second-order valence-electron chi connectivity index (χ2n) is 6.75. The summed E-state index contributed by atoms with van der Waals surface area (Å²) in [5.74, 6) is -1.34. The quantitative estimate of drug-likeness (QED) is 0.709. The van der Waals surface area contributed by atoms with Crippen LogP contribution in [0.25, 0.3) is 0 Å². The van der Waals surface area contributed by atoms with E-state index in [0.717, 1.165) is 5.56 Å². The summed E-state index contributed by atoms with van der Waals surface area (Å²) < 4.78 is 10.1. The van der Waals surface area contributed by atoms with Crippen LogP contribution in [0.4, 0.5) is 0 Å². The van der Waals surface area contributed by atoms with Gasteiger partial charge in [-0.15, -0.1) is 0 Å². The maximum Gasteiger partial charge on any atom is 0.337 e. The summed E-state index contributed by atoms with van der Waals surface area (Å²) in [5.41, 5.74) is 1.91. The highest BCUT2D eigenvalue weighted by molar-refractivity contribution is 5.89. The summed E-state index contributed by atoms with van der Waals surface area (Å²) in [4.78, 5) is 36.4. The van der Waals surface area contributed by atoms with Gasteiger partial charge in [-0.05, 0) is 29.2 Å². The maximum atomic E-state index is 12.5. The normalized spacial score (nSPS) is 11.6. The van der Waals surface area contributed by atoms with Crippen molar-refractivity contribution < 1.29 is 23.9 Å². The summed E-state index contributed by atoms with van der Waals surface area (Å²) >= 11 is 0. The van der Waals surface area contributed by atoms with Gasteiger partial charge in [-0.2, -0.15) is 0 Å². The van der Waals surface area contributed by atoms with Gasteiger partial charge >= 0.3 is 11.9 Å². The standard InChI is InChI=1S/C22H25NO5/c1-15(2)20(23-19(24)13-16-8-5-4-6-9-16)22(26)28-14-17-10-7-11-18(12-17)21(25)27-3/h4-12,15,20H,13-14H2,1-3H3,(H,23,24)/t20-/m0/s1. The molecule has 28 heavy (non-hydrogen) atoms. The van der Waals surface area contributed by atoms with Crippen LogP contribution in [0.1, 0.15) is 35.3 Å². The SMILES string of the molecule is COC(=O)c1cccc(COC(=O)[C@@H](NC(=O)Cc2ccccc2)C(C)C)c1. The molecule has 0 radical (unpaired) electrons. The van der Waals surface area contributed by atoms with E-state index in [0.29, 0.717) is 11.1 Å². The van der Waals surface area contributed by atoms with Crippen LogP contribution in [0.15, 0.2) is 54.6 Å². The fraction of sp³-hybridized carbons (Fsp3) is 0.318. The van der Waals surface area contributed by atoms with Crippen molar-refractivity contribution >= 4 is 17.8 Å². The Bertz CT molecular complexity index is 817. The van der Waals surface area contributed by atoms with E-state index in [2.05, 4.69) is 10.1 Å². The van der Waals surface area contributed by atoms with Crippen molar-refractivity contribution in [1.29, 1.82) is 0 Å². The third-order valence-corrected chi connectivity index (χ3v) is 4.17. The van der Waals surface area contributed by atoms with Gasteiger partial charge in [0.2, 0.25) is 5.91 Å². The summed E-state index contributed by atoms with van der Waals surface area (Å²) in [6, 6.07) is 15.2. The van der Waals surface area contributed by atoms with Crippen LogP contribution in [0.2, 0.25) is 0 Å². The molecule has 0 saturated heterocycles. The summed E-state index contributed by atoms with van der Waals surface area (Å²) in [5, 5.41) is 2.75. The van der Waals surface area contributed by atoms with Crippen LogP contribution in [-0.4, -0.2) is 31.0 Å². The Kier molecular flexibility index (Phi) is 7.75. The molecule has 148 valence electrons. The van der Waals surface area contributed by atoms with Gasteiger partial charge in [-0.3, -0.25) is 4.79 Å². The highest BCUT2D eigenvalue weighted by Gasteiger charge is 2.25. The van der Waals surface area contributed by atoms with Crippen LogP contribution in [0, 0.1) is 5.92 Å². The Morgan fingerprint density at radius 1 is 0.964 bits per heavy atom. The molecule has 0 heterocycles. The fourth-order valence-corrected chi connectivity index (χ4v) is 2.65. The predicted molar refractivity (Wildman–Crippen MR) is 104 cm³/mol. The minimum atomic E-state index is -0.750. The average molecular weight is 383 g/mol. The predicted octanol–water partition coefficient (Wildman–Crippen LogP) is 2.90. The number of hydrogen-bond donors (Lipinski definition) is 1. The highest BCUT2D eigenvalue weighted by Crippen LogP contribution is 2.11. The zero-order valence-electron chi connectivity index (χ0n) is 16.3. The van der Waals surface area contributed by atoms with Crippen molar-refractivity contribution in [3.8, 4) is 0 Å². The molecule has 2 aromatic rings. The van der Waals surface area contributed by atoms with E-state index in [1.165, 1.54) is 7.11 Å². The number of methoxy groups -OCH3 is 1. The third-order valence-electron chi connectivity index (χ3n) is 4.17. The molecule has 6 nitrogen and oxygen atoms in total. The van der Waals surface area contributed by atoms with Gasteiger partial charge in [-0.25, -0.2) is 9.59 Å². The van der Waals surface area contributed by atoms with Crippen LogP contribution in [-0.2, 0) is 32.1 Å². The molecular weight excluding hydrogens is 358 g/mol. The summed E-state index contributed by atoms with van der Waals surface area (Å²) in [6.45, 7) is 3.68. The first kappa shape index (κ1) is 21.2. The molecule has 0 aliphatic heterocycles. The number of ether oxygens (including phenoxy) is 2. The molecule has 0 fully saturated rings. The molecule has 1 atom stereocenters. The minimum Gasteiger partial charge on any atom is -0.465 e. The number of hydrogen-bond acceptors (Lipinski definition) is 5. The fourth-order valence-electron chi connectivity index (χ4n) is 2.65. The van der Waals surface area contributed by atoms with Crippen molar-refractivity contribution in [2.75, 3.05) is 7.11 Å². The molecule has 2 rings (SSSR count). The molecular formula is C22H25NO5. The second-order valence-corrected chi connectivity index (χ2v) is 6.75. The van der Waals surface area contributed by atoms with E-state index in [9.17, 15) is 14.4 Å². The number of amides is 1. The number of nitrogens with one attached hydrogen (secondary N) is 1. The Morgan fingerprint density at radius 2 is 1.64 bits per heavy atom. The highest BCUT2D eigenvalue weighted by atomic mass is 16.5.